The van der Waals surface area contributed by atoms with E-state index in [2.05, 4.69) is 39.5 Å². The minimum Gasteiger partial charge on any atom is -0.317 e. The van der Waals surface area contributed by atoms with Gasteiger partial charge < -0.3 is 4.90 Å². The van der Waals surface area contributed by atoms with Crippen LogP contribution < -0.4 is 0 Å². The topological polar surface area (TPSA) is 23.6 Å². The molecule has 2 rings (SSSR count). The SMILES string of the molecule is C=CCN1C(=O)C(=Cc2ccc(C(C)(C)C)cc2)N(C)C1=S. The van der Waals surface area contributed by atoms with E-state index in [1.54, 1.807) is 15.9 Å². The summed E-state index contributed by atoms with van der Waals surface area (Å²) < 4.78 is 0. The molecule has 0 spiro atoms. The van der Waals surface area contributed by atoms with Gasteiger partial charge in [-0.3, -0.25) is 9.69 Å². The second kappa shape index (κ2) is 6.05. The van der Waals surface area contributed by atoms with Crippen LogP contribution in [0.3, 0.4) is 0 Å². The first kappa shape index (κ1) is 16.4. The summed E-state index contributed by atoms with van der Waals surface area (Å²) >= 11 is 5.31. The molecule has 0 radical (unpaired) electrons. The van der Waals surface area contributed by atoms with Crippen molar-refractivity contribution in [2.24, 2.45) is 0 Å². The minimum absolute atomic E-state index is 0.0766. The number of thiocarbonyl (C=S) groups is 1. The Bertz CT molecular complexity index is 638. The van der Waals surface area contributed by atoms with Crippen molar-refractivity contribution in [3.05, 3.63) is 53.7 Å². The van der Waals surface area contributed by atoms with Gasteiger partial charge in [0.05, 0.1) is 0 Å². The molecule has 1 fully saturated rings. The Labute approximate surface area is 137 Å². The predicted octanol–water partition coefficient (Wildman–Crippen LogP) is 3.57. The van der Waals surface area contributed by atoms with Gasteiger partial charge in [0, 0.05) is 13.6 Å². The van der Waals surface area contributed by atoms with Gasteiger partial charge in [-0.1, -0.05) is 51.1 Å². The fourth-order valence-electron chi connectivity index (χ4n) is 2.34. The van der Waals surface area contributed by atoms with Gasteiger partial charge in [-0.25, -0.2) is 0 Å². The molecular formula is C18H22N2OS. The Kier molecular flexibility index (Phi) is 4.52. The number of carbonyl (C=O) groups is 1. The van der Waals surface area contributed by atoms with Crippen molar-refractivity contribution >= 4 is 29.3 Å². The Hall–Kier alpha value is -1.94. The molecule has 0 aromatic heterocycles. The molecule has 0 bridgehead atoms. The van der Waals surface area contributed by atoms with Crippen molar-refractivity contribution in [1.82, 2.24) is 9.80 Å². The normalized spacial score (nSPS) is 17.5. The monoisotopic (exact) mass is 314 g/mol. The highest BCUT2D eigenvalue weighted by atomic mass is 32.1. The third-order valence-electron chi connectivity index (χ3n) is 3.74. The van der Waals surface area contributed by atoms with Gasteiger partial charge in [-0.15, -0.1) is 6.58 Å². The van der Waals surface area contributed by atoms with Gasteiger partial charge in [-0.2, -0.15) is 0 Å². The molecule has 1 aliphatic rings. The van der Waals surface area contributed by atoms with Gasteiger partial charge in [0.2, 0.25) is 0 Å². The van der Waals surface area contributed by atoms with E-state index in [-0.39, 0.29) is 11.3 Å². The molecule has 1 heterocycles. The zero-order valence-corrected chi connectivity index (χ0v) is 14.4. The van der Waals surface area contributed by atoms with Gasteiger partial charge in [0.1, 0.15) is 5.70 Å². The third kappa shape index (κ3) is 3.12. The molecule has 0 aliphatic carbocycles. The molecule has 0 atom stereocenters. The summed E-state index contributed by atoms with van der Waals surface area (Å²) in [4.78, 5) is 15.7. The smallest absolute Gasteiger partial charge is 0.277 e. The molecule has 1 aliphatic heterocycles. The summed E-state index contributed by atoms with van der Waals surface area (Å²) in [5.74, 6) is -0.0766. The number of amides is 1. The quantitative estimate of drug-likeness (QED) is 0.484. The second-order valence-electron chi connectivity index (χ2n) is 6.45. The molecule has 1 aromatic carbocycles. The van der Waals surface area contributed by atoms with Crippen LogP contribution in [0.5, 0.6) is 0 Å². The van der Waals surface area contributed by atoms with E-state index in [0.717, 1.165) is 5.56 Å². The van der Waals surface area contributed by atoms with Crippen LogP contribution >= 0.6 is 12.2 Å². The summed E-state index contributed by atoms with van der Waals surface area (Å²) in [5, 5.41) is 0.516. The van der Waals surface area contributed by atoms with E-state index in [0.29, 0.717) is 17.4 Å². The first-order chi connectivity index (χ1) is 10.3. The minimum atomic E-state index is -0.0766. The van der Waals surface area contributed by atoms with Crippen molar-refractivity contribution < 1.29 is 4.79 Å². The van der Waals surface area contributed by atoms with Gasteiger partial charge in [0.15, 0.2) is 5.11 Å². The van der Waals surface area contributed by atoms with Crippen LogP contribution in [0.15, 0.2) is 42.6 Å². The van der Waals surface area contributed by atoms with E-state index in [1.807, 2.05) is 25.3 Å². The lowest BCUT2D eigenvalue weighted by atomic mass is 9.87. The Morgan fingerprint density at radius 1 is 1.23 bits per heavy atom. The van der Waals surface area contributed by atoms with Gasteiger partial charge in [-0.05, 0) is 34.8 Å². The van der Waals surface area contributed by atoms with Crippen LogP contribution in [0.4, 0.5) is 0 Å². The fraction of sp³-hybridized carbons (Fsp3) is 0.333. The zero-order chi connectivity index (χ0) is 16.5. The number of rotatable bonds is 3. The van der Waals surface area contributed by atoms with Gasteiger partial charge in [0.25, 0.3) is 5.91 Å². The fourth-order valence-corrected chi connectivity index (χ4v) is 2.59. The number of hydrogen-bond donors (Lipinski definition) is 0. The Morgan fingerprint density at radius 2 is 1.82 bits per heavy atom. The van der Waals surface area contributed by atoms with E-state index < -0.39 is 0 Å². The lowest BCUT2D eigenvalue weighted by Crippen LogP contribution is -2.31. The summed E-state index contributed by atoms with van der Waals surface area (Å²) in [6.45, 7) is 10.6. The van der Waals surface area contributed by atoms with Crippen LogP contribution in [-0.2, 0) is 10.2 Å². The van der Waals surface area contributed by atoms with Crippen molar-refractivity contribution in [1.29, 1.82) is 0 Å². The highest BCUT2D eigenvalue weighted by molar-refractivity contribution is 7.80. The summed E-state index contributed by atoms with van der Waals surface area (Å²) in [6.07, 6.45) is 3.56. The van der Waals surface area contributed by atoms with Crippen molar-refractivity contribution in [2.75, 3.05) is 13.6 Å². The maximum Gasteiger partial charge on any atom is 0.277 e. The first-order valence-corrected chi connectivity index (χ1v) is 7.69. The maximum atomic E-state index is 12.4. The molecule has 22 heavy (non-hydrogen) atoms. The third-order valence-corrected chi connectivity index (χ3v) is 4.23. The first-order valence-electron chi connectivity index (χ1n) is 7.28. The average molecular weight is 314 g/mol. The number of hydrogen-bond acceptors (Lipinski definition) is 2. The molecule has 3 nitrogen and oxygen atoms in total. The van der Waals surface area contributed by atoms with Crippen molar-refractivity contribution in [3.8, 4) is 0 Å². The van der Waals surface area contributed by atoms with E-state index in [1.165, 1.54) is 5.56 Å². The van der Waals surface area contributed by atoms with E-state index in [9.17, 15) is 4.79 Å². The van der Waals surface area contributed by atoms with Crippen LogP contribution in [0.1, 0.15) is 31.9 Å². The summed E-state index contributed by atoms with van der Waals surface area (Å²) in [6, 6.07) is 8.28. The highest BCUT2D eigenvalue weighted by Gasteiger charge is 2.34. The van der Waals surface area contributed by atoms with Crippen molar-refractivity contribution in [2.45, 2.75) is 26.2 Å². The summed E-state index contributed by atoms with van der Waals surface area (Å²) in [7, 11) is 1.82. The number of benzene rings is 1. The van der Waals surface area contributed by atoms with Crippen LogP contribution in [0.2, 0.25) is 0 Å². The molecule has 1 amide bonds. The second-order valence-corrected chi connectivity index (χ2v) is 6.81. The molecule has 4 heteroatoms. The van der Waals surface area contributed by atoms with Crippen molar-refractivity contribution in [3.63, 3.8) is 0 Å². The Balaban J connectivity index is 2.31. The summed E-state index contributed by atoms with van der Waals surface area (Å²) in [5.41, 5.74) is 2.97. The number of likely N-dealkylation sites (N-methyl/N-ethyl adjacent to an activating group) is 1. The molecule has 1 aromatic rings. The predicted molar refractivity (Wildman–Crippen MR) is 95.4 cm³/mol. The standard InChI is InChI=1S/C18H22N2OS/c1-6-11-20-16(21)15(19(5)17(20)22)12-13-7-9-14(10-8-13)18(2,3)4/h6-10,12H,1,11H2,2-5H3. The molecule has 0 saturated carbocycles. The van der Waals surface area contributed by atoms with Crippen LogP contribution in [0.25, 0.3) is 6.08 Å². The molecule has 116 valence electrons. The molecule has 0 unspecified atom stereocenters. The van der Waals surface area contributed by atoms with Crippen LogP contribution in [-0.4, -0.2) is 34.4 Å². The van der Waals surface area contributed by atoms with E-state index in [4.69, 9.17) is 12.2 Å². The maximum absolute atomic E-state index is 12.4. The van der Waals surface area contributed by atoms with Crippen LogP contribution in [0, 0.1) is 0 Å². The van der Waals surface area contributed by atoms with E-state index >= 15 is 0 Å². The molecule has 1 saturated heterocycles. The van der Waals surface area contributed by atoms with Gasteiger partial charge >= 0.3 is 0 Å². The number of carbonyl (C=O) groups excluding carboxylic acids is 1. The number of nitrogens with zero attached hydrogens (tertiary/aromatic N) is 2. The largest absolute Gasteiger partial charge is 0.317 e. The lowest BCUT2D eigenvalue weighted by molar-refractivity contribution is -0.122. The average Bonchev–Trinajstić information content (AvgIpc) is 2.65. The zero-order valence-electron chi connectivity index (χ0n) is 13.6. The molecular weight excluding hydrogens is 292 g/mol. The highest BCUT2D eigenvalue weighted by Crippen LogP contribution is 2.25. The lowest BCUT2D eigenvalue weighted by Gasteiger charge is -2.19. The molecule has 0 N–H and O–H groups in total. The Morgan fingerprint density at radius 3 is 2.32 bits per heavy atom.